The summed E-state index contributed by atoms with van der Waals surface area (Å²) in [5.41, 5.74) is 2.51. The molecule has 1 atom stereocenters. The normalized spacial score (nSPS) is 12.3. The maximum Gasteiger partial charge on any atom is 0.137 e. The van der Waals surface area contributed by atoms with Crippen molar-refractivity contribution in [2.24, 2.45) is 0 Å². The summed E-state index contributed by atoms with van der Waals surface area (Å²) in [5, 5.41) is 3.54. The van der Waals surface area contributed by atoms with Gasteiger partial charge in [-0.3, -0.25) is 0 Å². The van der Waals surface area contributed by atoms with Gasteiger partial charge in [0, 0.05) is 6.04 Å². The Morgan fingerprint density at radius 2 is 1.90 bits per heavy atom. The minimum absolute atomic E-state index is 0.200. The fraction of sp³-hybridized carbons (Fsp3) is 0.333. The quantitative estimate of drug-likeness (QED) is 0.718. The number of hydrogen-bond acceptors (Lipinski definition) is 1. The highest BCUT2D eigenvalue weighted by Crippen LogP contribution is 2.21. The van der Waals surface area contributed by atoms with Crippen LogP contribution in [0.5, 0.6) is 0 Å². The van der Waals surface area contributed by atoms with Gasteiger partial charge in [0.25, 0.3) is 0 Å². The molecule has 0 spiro atoms. The van der Waals surface area contributed by atoms with Crippen molar-refractivity contribution < 1.29 is 4.39 Å². The molecule has 1 nitrogen and oxygen atoms in total. The van der Waals surface area contributed by atoms with Gasteiger partial charge in [0.15, 0.2) is 0 Å². The Hall–Kier alpha value is -1.19. The molecule has 2 rings (SSSR count). The highest BCUT2D eigenvalue weighted by Gasteiger charge is 2.09. The zero-order valence-electron chi connectivity index (χ0n) is 12.3. The van der Waals surface area contributed by atoms with E-state index in [0.717, 1.165) is 25.8 Å². The lowest BCUT2D eigenvalue weighted by Gasteiger charge is -2.18. The van der Waals surface area contributed by atoms with Crippen LogP contribution in [0.15, 0.2) is 53.0 Å². The molecule has 0 aromatic heterocycles. The molecule has 2 aromatic carbocycles. The molecule has 0 aliphatic heterocycles. The van der Waals surface area contributed by atoms with Crippen molar-refractivity contribution in [2.45, 2.75) is 32.2 Å². The van der Waals surface area contributed by atoms with Crippen LogP contribution in [0.25, 0.3) is 0 Å². The molecule has 0 bridgehead atoms. The standard InChI is InChI=1S/C18H21BrFN/c1-2-21-18(15-8-4-3-5-9-15)10-6-7-14-11-12-17(20)16(19)13-14/h3-5,8-9,11-13,18,21H,2,6-7,10H2,1H3. The second kappa shape index (κ2) is 8.30. The number of benzene rings is 2. The van der Waals surface area contributed by atoms with E-state index < -0.39 is 0 Å². The Morgan fingerprint density at radius 1 is 1.14 bits per heavy atom. The summed E-state index contributed by atoms with van der Waals surface area (Å²) in [6.45, 7) is 3.09. The maximum atomic E-state index is 13.2. The largest absolute Gasteiger partial charge is 0.310 e. The van der Waals surface area contributed by atoms with Crippen LogP contribution in [0.1, 0.15) is 36.9 Å². The Morgan fingerprint density at radius 3 is 2.57 bits per heavy atom. The first-order valence-electron chi connectivity index (χ1n) is 7.43. The number of aryl methyl sites for hydroxylation is 1. The van der Waals surface area contributed by atoms with E-state index in [-0.39, 0.29) is 5.82 Å². The van der Waals surface area contributed by atoms with E-state index in [1.807, 2.05) is 18.2 Å². The van der Waals surface area contributed by atoms with E-state index in [9.17, 15) is 4.39 Å². The monoisotopic (exact) mass is 349 g/mol. The number of rotatable bonds is 7. The molecule has 1 N–H and O–H groups in total. The van der Waals surface area contributed by atoms with Gasteiger partial charge in [0.2, 0.25) is 0 Å². The third-order valence-electron chi connectivity index (χ3n) is 3.59. The van der Waals surface area contributed by atoms with Crippen molar-refractivity contribution in [3.63, 3.8) is 0 Å². The van der Waals surface area contributed by atoms with Crippen LogP contribution >= 0.6 is 15.9 Å². The molecule has 3 heteroatoms. The van der Waals surface area contributed by atoms with Crippen molar-refractivity contribution in [1.82, 2.24) is 5.32 Å². The fourth-order valence-electron chi connectivity index (χ4n) is 2.52. The SMILES string of the molecule is CCNC(CCCc1ccc(F)c(Br)c1)c1ccccc1. The van der Waals surface area contributed by atoms with Gasteiger partial charge in [-0.25, -0.2) is 4.39 Å². The molecule has 0 aliphatic rings. The van der Waals surface area contributed by atoms with E-state index in [1.54, 1.807) is 0 Å². The fourth-order valence-corrected chi connectivity index (χ4v) is 2.95. The summed E-state index contributed by atoms with van der Waals surface area (Å²) in [4.78, 5) is 0. The van der Waals surface area contributed by atoms with Crippen molar-refractivity contribution in [3.05, 3.63) is 69.9 Å². The van der Waals surface area contributed by atoms with Gasteiger partial charge in [-0.05, 0) is 65.0 Å². The van der Waals surface area contributed by atoms with E-state index in [2.05, 4.69) is 52.4 Å². The smallest absolute Gasteiger partial charge is 0.137 e. The van der Waals surface area contributed by atoms with Gasteiger partial charge < -0.3 is 5.32 Å². The van der Waals surface area contributed by atoms with Gasteiger partial charge in [-0.1, -0.05) is 43.3 Å². The predicted octanol–water partition coefficient (Wildman–Crippen LogP) is 5.26. The van der Waals surface area contributed by atoms with Crippen LogP contribution < -0.4 is 5.32 Å². The topological polar surface area (TPSA) is 12.0 Å². The maximum absolute atomic E-state index is 13.2. The summed E-state index contributed by atoms with van der Waals surface area (Å²) in [6, 6.07) is 16.2. The predicted molar refractivity (Wildman–Crippen MR) is 89.9 cm³/mol. The summed E-state index contributed by atoms with van der Waals surface area (Å²) in [5.74, 6) is -0.200. The third-order valence-corrected chi connectivity index (χ3v) is 4.20. The van der Waals surface area contributed by atoms with Crippen molar-refractivity contribution in [3.8, 4) is 0 Å². The molecule has 0 saturated carbocycles. The Bertz CT molecular complexity index is 556. The Kier molecular flexibility index (Phi) is 6.40. The first kappa shape index (κ1) is 16.2. The minimum Gasteiger partial charge on any atom is -0.310 e. The highest BCUT2D eigenvalue weighted by atomic mass is 79.9. The van der Waals surface area contributed by atoms with Crippen LogP contribution in [0, 0.1) is 5.82 Å². The Labute approximate surface area is 134 Å². The van der Waals surface area contributed by atoms with Crippen molar-refractivity contribution in [2.75, 3.05) is 6.54 Å². The van der Waals surface area contributed by atoms with Crippen LogP contribution in [-0.4, -0.2) is 6.54 Å². The zero-order chi connectivity index (χ0) is 15.1. The van der Waals surface area contributed by atoms with Crippen molar-refractivity contribution in [1.29, 1.82) is 0 Å². The molecule has 0 radical (unpaired) electrons. The molecule has 0 heterocycles. The molecule has 21 heavy (non-hydrogen) atoms. The molecular weight excluding hydrogens is 329 g/mol. The molecule has 0 aliphatic carbocycles. The van der Waals surface area contributed by atoms with E-state index in [1.165, 1.54) is 17.2 Å². The summed E-state index contributed by atoms with van der Waals surface area (Å²) < 4.78 is 13.8. The summed E-state index contributed by atoms with van der Waals surface area (Å²) in [7, 11) is 0. The molecule has 112 valence electrons. The first-order valence-corrected chi connectivity index (χ1v) is 8.22. The molecule has 0 fully saturated rings. The average molecular weight is 350 g/mol. The summed E-state index contributed by atoms with van der Waals surface area (Å²) in [6.07, 6.45) is 3.12. The molecule has 1 unspecified atom stereocenters. The van der Waals surface area contributed by atoms with Crippen LogP contribution in [0.2, 0.25) is 0 Å². The highest BCUT2D eigenvalue weighted by molar-refractivity contribution is 9.10. The zero-order valence-corrected chi connectivity index (χ0v) is 13.9. The lowest BCUT2D eigenvalue weighted by Crippen LogP contribution is -2.20. The second-order valence-corrected chi connectivity index (χ2v) is 6.02. The van der Waals surface area contributed by atoms with Crippen LogP contribution in [0.3, 0.4) is 0 Å². The van der Waals surface area contributed by atoms with Gasteiger partial charge in [-0.2, -0.15) is 0 Å². The summed E-state index contributed by atoms with van der Waals surface area (Å²) >= 11 is 3.24. The molecule has 0 amide bonds. The van der Waals surface area contributed by atoms with Gasteiger partial charge in [0.05, 0.1) is 4.47 Å². The number of hydrogen-bond donors (Lipinski definition) is 1. The minimum atomic E-state index is -0.200. The Balaban J connectivity index is 1.91. The van der Waals surface area contributed by atoms with Gasteiger partial charge in [0.1, 0.15) is 5.82 Å². The third kappa shape index (κ3) is 4.94. The van der Waals surface area contributed by atoms with Crippen LogP contribution in [0.4, 0.5) is 4.39 Å². The average Bonchev–Trinajstić information content (AvgIpc) is 2.51. The number of nitrogens with one attached hydrogen (secondary N) is 1. The van der Waals surface area contributed by atoms with Crippen LogP contribution in [-0.2, 0) is 6.42 Å². The van der Waals surface area contributed by atoms with Gasteiger partial charge in [-0.15, -0.1) is 0 Å². The molecular formula is C18H21BrFN. The second-order valence-electron chi connectivity index (χ2n) is 5.16. The van der Waals surface area contributed by atoms with Gasteiger partial charge >= 0.3 is 0 Å². The first-order chi connectivity index (χ1) is 10.2. The van der Waals surface area contributed by atoms with E-state index in [4.69, 9.17) is 0 Å². The molecule has 0 saturated heterocycles. The number of halogens is 2. The lowest BCUT2D eigenvalue weighted by molar-refractivity contribution is 0.498. The van der Waals surface area contributed by atoms with E-state index in [0.29, 0.717) is 10.5 Å². The lowest BCUT2D eigenvalue weighted by atomic mass is 9.99. The molecule has 2 aromatic rings. The van der Waals surface area contributed by atoms with Crippen molar-refractivity contribution >= 4 is 15.9 Å². The van der Waals surface area contributed by atoms with E-state index >= 15 is 0 Å².